The standard InChI is InChI=1S/C10H12N6O/c11-15-14-4-8-3-10(17)16(6-8)7-9-5-12-1-2-13-9/h1-2,5,8H,3-4,6-7H2. The van der Waals surface area contributed by atoms with Crippen LogP contribution in [0.15, 0.2) is 23.7 Å². The van der Waals surface area contributed by atoms with E-state index in [1.54, 1.807) is 23.5 Å². The fourth-order valence-corrected chi connectivity index (χ4v) is 1.89. The van der Waals surface area contributed by atoms with Crippen molar-refractivity contribution in [3.05, 3.63) is 34.7 Å². The van der Waals surface area contributed by atoms with Crippen molar-refractivity contribution in [1.82, 2.24) is 14.9 Å². The zero-order chi connectivity index (χ0) is 12.1. The van der Waals surface area contributed by atoms with Crippen LogP contribution in [0.4, 0.5) is 0 Å². The number of hydrogen-bond donors (Lipinski definition) is 0. The van der Waals surface area contributed by atoms with Crippen LogP contribution in [-0.4, -0.2) is 33.9 Å². The lowest BCUT2D eigenvalue weighted by Gasteiger charge is -2.15. The van der Waals surface area contributed by atoms with E-state index in [1.165, 1.54) is 0 Å². The first-order chi connectivity index (χ1) is 8.29. The molecule has 1 unspecified atom stereocenters. The van der Waals surface area contributed by atoms with Crippen LogP contribution in [0.5, 0.6) is 0 Å². The Morgan fingerprint density at radius 1 is 1.59 bits per heavy atom. The van der Waals surface area contributed by atoms with Gasteiger partial charge in [0.05, 0.1) is 18.4 Å². The molecular weight excluding hydrogens is 220 g/mol. The predicted octanol–water partition coefficient (Wildman–Crippen LogP) is 1.14. The van der Waals surface area contributed by atoms with Gasteiger partial charge in [-0.1, -0.05) is 5.11 Å². The maximum Gasteiger partial charge on any atom is 0.223 e. The van der Waals surface area contributed by atoms with Crippen LogP contribution in [0.2, 0.25) is 0 Å². The van der Waals surface area contributed by atoms with Crippen LogP contribution >= 0.6 is 0 Å². The number of likely N-dealkylation sites (tertiary alicyclic amines) is 1. The van der Waals surface area contributed by atoms with Crippen LogP contribution in [0.3, 0.4) is 0 Å². The molecule has 1 aromatic heterocycles. The van der Waals surface area contributed by atoms with E-state index in [0.717, 1.165) is 5.69 Å². The lowest BCUT2D eigenvalue weighted by molar-refractivity contribution is -0.128. The summed E-state index contributed by atoms with van der Waals surface area (Å²) in [5.74, 6) is 0.198. The minimum Gasteiger partial charge on any atom is -0.336 e. The third-order valence-electron chi connectivity index (χ3n) is 2.67. The minimum absolute atomic E-state index is 0.0776. The second kappa shape index (κ2) is 5.27. The van der Waals surface area contributed by atoms with Crippen molar-refractivity contribution in [2.45, 2.75) is 13.0 Å². The molecule has 1 saturated heterocycles. The van der Waals surface area contributed by atoms with E-state index in [1.807, 2.05) is 0 Å². The highest BCUT2D eigenvalue weighted by atomic mass is 16.2. The Bertz CT molecular complexity index is 441. The van der Waals surface area contributed by atoms with Crippen molar-refractivity contribution < 1.29 is 4.79 Å². The van der Waals surface area contributed by atoms with E-state index in [4.69, 9.17) is 5.53 Å². The zero-order valence-electron chi connectivity index (χ0n) is 9.23. The van der Waals surface area contributed by atoms with E-state index < -0.39 is 0 Å². The third kappa shape index (κ3) is 2.92. The first-order valence-corrected chi connectivity index (χ1v) is 5.33. The monoisotopic (exact) mass is 232 g/mol. The minimum atomic E-state index is 0.0776. The lowest BCUT2D eigenvalue weighted by Crippen LogP contribution is -2.25. The van der Waals surface area contributed by atoms with Crippen LogP contribution in [0.25, 0.3) is 10.4 Å². The Kier molecular flexibility index (Phi) is 3.52. The normalized spacial score (nSPS) is 19.2. The van der Waals surface area contributed by atoms with Gasteiger partial charge in [-0.3, -0.25) is 14.8 Å². The molecule has 0 radical (unpaired) electrons. The first-order valence-electron chi connectivity index (χ1n) is 5.33. The van der Waals surface area contributed by atoms with Crippen molar-refractivity contribution in [1.29, 1.82) is 0 Å². The molecule has 0 spiro atoms. The van der Waals surface area contributed by atoms with Gasteiger partial charge in [0.2, 0.25) is 5.91 Å². The van der Waals surface area contributed by atoms with E-state index in [2.05, 4.69) is 20.0 Å². The Balaban J connectivity index is 1.94. The molecule has 7 nitrogen and oxygen atoms in total. The summed E-state index contributed by atoms with van der Waals surface area (Å²) in [4.78, 5) is 24.2. The fraction of sp³-hybridized carbons (Fsp3) is 0.500. The van der Waals surface area contributed by atoms with E-state index in [-0.39, 0.29) is 11.8 Å². The fourth-order valence-electron chi connectivity index (χ4n) is 1.89. The van der Waals surface area contributed by atoms with E-state index in [0.29, 0.717) is 26.1 Å². The molecule has 0 aromatic carbocycles. The molecule has 1 aromatic rings. The Hall–Kier alpha value is -2.14. The van der Waals surface area contributed by atoms with Gasteiger partial charge in [0.25, 0.3) is 0 Å². The predicted molar refractivity (Wildman–Crippen MR) is 59.6 cm³/mol. The largest absolute Gasteiger partial charge is 0.336 e. The summed E-state index contributed by atoms with van der Waals surface area (Å²) in [5.41, 5.74) is 9.00. The highest BCUT2D eigenvalue weighted by molar-refractivity contribution is 5.78. The van der Waals surface area contributed by atoms with Gasteiger partial charge in [-0.2, -0.15) is 0 Å². The van der Waals surface area contributed by atoms with Crippen LogP contribution in [0.1, 0.15) is 12.1 Å². The molecule has 1 aliphatic rings. The number of nitrogens with zero attached hydrogens (tertiary/aromatic N) is 6. The zero-order valence-corrected chi connectivity index (χ0v) is 9.23. The Morgan fingerprint density at radius 3 is 3.18 bits per heavy atom. The van der Waals surface area contributed by atoms with Gasteiger partial charge >= 0.3 is 0 Å². The van der Waals surface area contributed by atoms with Gasteiger partial charge in [-0.05, 0) is 11.4 Å². The topological polar surface area (TPSA) is 94.9 Å². The highest BCUT2D eigenvalue weighted by Crippen LogP contribution is 2.19. The van der Waals surface area contributed by atoms with Crippen molar-refractivity contribution in [3.8, 4) is 0 Å². The molecule has 7 heteroatoms. The molecule has 17 heavy (non-hydrogen) atoms. The van der Waals surface area contributed by atoms with E-state index >= 15 is 0 Å². The number of rotatable bonds is 4. The number of amides is 1. The van der Waals surface area contributed by atoms with E-state index in [9.17, 15) is 4.79 Å². The molecule has 1 aliphatic heterocycles. The summed E-state index contributed by atoms with van der Waals surface area (Å²) in [5, 5.41) is 3.50. The third-order valence-corrected chi connectivity index (χ3v) is 2.67. The van der Waals surface area contributed by atoms with Crippen LogP contribution < -0.4 is 0 Å². The lowest BCUT2D eigenvalue weighted by atomic mass is 10.1. The highest BCUT2D eigenvalue weighted by Gasteiger charge is 2.29. The summed E-state index contributed by atoms with van der Waals surface area (Å²) in [6.07, 6.45) is 5.29. The quantitative estimate of drug-likeness (QED) is 0.442. The van der Waals surface area contributed by atoms with Gasteiger partial charge in [0, 0.05) is 36.8 Å². The summed E-state index contributed by atoms with van der Waals surface area (Å²) >= 11 is 0. The molecular formula is C10H12N6O. The summed E-state index contributed by atoms with van der Waals surface area (Å²) in [6.45, 7) is 1.47. The molecule has 88 valence electrons. The molecule has 0 bridgehead atoms. The molecule has 1 fully saturated rings. The average molecular weight is 232 g/mol. The second-order valence-electron chi connectivity index (χ2n) is 3.95. The van der Waals surface area contributed by atoms with Gasteiger partial charge in [-0.15, -0.1) is 0 Å². The molecule has 2 rings (SSSR count). The Morgan fingerprint density at radius 2 is 2.47 bits per heavy atom. The average Bonchev–Trinajstić information content (AvgIpc) is 2.69. The maximum atomic E-state index is 11.7. The molecule has 2 heterocycles. The van der Waals surface area contributed by atoms with Crippen molar-refractivity contribution in [3.63, 3.8) is 0 Å². The van der Waals surface area contributed by atoms with Crippen molar-refractivity contribution >= 4 is 5.91 Å². The SMILES string of the molecule is [N-]=[N+]=NCC1CC(=O)N(Cc2cnccn2)C1. The van der Waals surface area contributed by atoms with Gasteiger partial charge in [0.15, 0.2) is 0 Å². The number of hydrogen-bond acceptors (Lipinski definition) is 4. The van der Waals surface area contributed by atoms with Crippen molar-refractivity contribution in [2.75, 3.05) is 13.1 Å². The second-order valence-corrected chi connectivity index (χ2v) is 3.95. The molecule has 0 saturated carbocycles. The number of carbonyl (C=O) groups is 1. The summed E-state index contributed by atoms with van der Waals surface area (Å²) in [6, 6.07) is 0. The molecule has 0 aliphatic carbocycles. The first kappa shape index (κ1) is 11.3. The number of aromatic nitrogens is 2. The van der Waals surface area contributed by atoms with Gasteiger partial charge in [-0.25, -0.2) is 0 Å². The molecule has 0 N–H and O–H groups in total. The number of azide groups is 1. The van der Waals surface area contributed by atoms with Crippen molar-refractivity contribution in [2.24, 2.45) is 11.0 Å². The van der Waals surface area contributed by atoms with Gasteiger partial charge < -0.3 is 4.90 Å². The summed E-state index contributed by atoms with van der Waals surface area (Å²) in [7, 11) is 0. The van der Waals surface area contributed by atoms with Crippen LogP contribution in [-0.2, 0) is 11.3 Å². The maximum absolute atomic E-state index is 11.7. The molecule has 1 amide bonds. The number of carbonyl (C=O) groups excluding carboxylic acids is 1. The van der Waals surface area contributed by atoms with Crippen LogP contribution in [0, 0.1) is 5.92 Å². The van der Waals surface area contributed by atoms with Gasteiger partial charge in [0.1, 0.15) is 0 Å². The summed E-state index contributed by atoms with van der Waals surface area (Å²) < 4.78 is 0. The molecule has 1 atom stereocenters. The smallest absolute Gasteiger partial charge is 0.223 e. The Labute approximate surface area is 98.1 Å².